The Morgan fingerprint density at radius 2 is 1.52 bits per heavy atom. The Labute approximate surface area is 140 Å². The summed E-state index contributed by atoms with van der Waals surface area (Å²) in [5.74, 6) is -2.02. The number of hydrogen-bond donors (Lipinski definition) is 1. The molecule has 0 fully saturated rings. The van der Waals surface area contributed by atoms with Crippen molar-refractivity contribution in [3.8, 4) is 0 Å². The average Bonchev–Trinajstić information content (AvgIpc) is 2.44. The van der Waals surface area contributed by atoms with Crippen LogP contribution in [0.25, 0.3) is 0 Å². The van der Waals surface area contributed by atoms with Crippen LogP contribution in [0, 0.1) is 38.5 Å². The molecule has 3 unspecified atom stereocenters. The number of Topliss-reactive ketones (excluding diaryl/α,β-unsaturated/α-hetero) is 1. The SMILES string of the molecule is CCC(C(=O)O)C(C(=O)c1c(C)cc(C)cc1C)C(C)C.O=[PH2+]. The maximum Gasteiger partial charge on any atom is 0.310 e. The van der Waals surface area contributed by atoms with Crippen LogP contribution in [0.2, 0.25) is 0 Å². The van der Waals surface area contributed by atoms with Crippen LogP contribution < -0.4 is 0 Å². The molecule has 0 amide bonds. The highest BCUT2D eigenvalue weighted by Crippen LogP contribution is 2.30. The Bertz CT molecular complexity index is 543. The molecule has 0 radical (unpaired) electrons. The van der Waals surface area contributed by atoms with Crippen molar-refractivity contribution in [2.75, 3.05) is 0 Å². The van der Waals surface area contributed by atoms with E-state index in [0.29, 0.717) is 12.0 Å². The second-order valence-electron chi connectivity index (χ2n) is 6.26. The molecule has 1 aromatic carbocycles. The Hall–Kier alpha value is -1.54. The molecule has 0 spiro atoms. The molecule has 0 saturated carbocycles. The van der Waals surface area contributed by atoms with Gasteiger partial charge in [0.25, 0.3) is 0 Å². The van der Waals surface area contributed by atoms with Crippen LogP contribution in [0.3, 0.4) is 0 Å². The zero-order valence-corrected chi connectivity index (χ0v) is 16.0. The van der Waals surface area contributed by atoms with E-state index >= 15 is 0 Å². The lowest BCUT2D eigenvalue weighted by Gasteiger charge is -2.26. The van der Waals surface area contributed by atoms with Gasteiger partial charge in [-0.1, -0.05) is 43.0 Å². The summed E-state index contributed by atoms with van der Waals surface area (Å²) in [5.41, 5.74) is 3.68. The number of carboxylic acid groups (broad SMARTS) is 1. The summed E-state index contributed by atoms with van der Waals surface area (Å²) in [5, 5.41) is 9.42. The average molecular weight is 339 g/mol. The second kappa shape index (κ2) is 9.57. The van der Waals surface area contributed by atoms with Gasteiger partial charge in [0.2, 0.25) is 0 Å². The van der Waals surface area contributed by atoms with Crippen molar-refractivity contribution in [1.82, 2.24) is 0 Å². The van der Waals surface area contributed by atoms with Crippen molar-refractivity contribution in [3.05, 3.63) is 34.4 Å². The number of benzene rings is 1. The van der Waals surface area contributed by atoms with Gasteiger partial charge in [0.15, 0.2) is 5.78 Å². The van der Waals surface area contributed by atoms with Crippen LogP contribution >= 0.6 is 9.12 Å². The molecule has 0 aliphatic carbocycles. The third-order valence-electron chi connectivity index (χ3n) is 4.13. The van der Waals surface area contributed by atoms with E-state index in [1.165, 1.54) is 9.12 Å². The number of aryl methyl sites for hydroxylation is 3. The third-order valence-corrected chi connectivity index (χ3v) is 4.13. The summed E-state index contributed by atoms with van der Waals surface area (Å²) < 4.78 is 8.17. The number of carboxylic acids is 1. The second-order valence-corrected chi connectivity index (χ2v) is 6.26. The summed E-state index contributed by atoms with van der Waals surface area (Å²) in [6.07, 6.45) is 0.466. The normalized spacial score (nSPS) is 13.0. The minimum Gasteiger partial charge on any atom is -0.481 e. The molecule has 0 aromatic heterocycles. The van der Waals surface area contributed by atoms with E-state index in [1.807, 2.05) is 53.7 Å². The van der Waals surface area contributed by atoms with Gasteiger partial charge in [0, 0.05) is 11.5 Å². The Balaban J connectivity index is 0.00000232. The summed E-state index contributed by atoms with van der Waals surface area (Å²) in [6.45, 7) is 11.5. The minimum absolute atomic E-state index is 0.00125. The van der Waals surface area contributed by atoms with Crippen molar-refractivity contribution in [2.45, 2.75) is 48.0 Å². The van der Waals surface area contributed by atoms with Gasteiger partial charge in [-0.3, -0.25) is 9.59 Å². The van der Waals surface area contributed by atoms with Crippen LogP contribution in [0.1, 0.15) is 54.2 Å². The monoisotopic (exact) mass is 339 g/mol. The first-order valence-electron chi connectivity index (χ1n) is 7.79. The van der Waals surface area contributed by atoms with Crippen LogP contribution in [0.4, 0.5) is 0 Å². The van der Waals surface area contributed by atoms with Crippen LogP contribution in [0.15, 0.2) is 12.1 Å². The fraction of sp³-hybridized carbons (Fsp3) is 0.556. The topological polar surface area (TPSA) is 71.4 Å². The molecule has 1 aromatic rings. The van der Waals surface area contributed by atoms with Crippen LogP contribution in [0.5, 0.6) is 0 Å². The largest absolute Gasteiger partial charge is 0.481 e. The number of aliphatic carboxylic acids is 1. The Kier molecular flexibility index (Phi) is 8.93. The predicted octanol–water partition coefficient (Wildman–Crippen LogP) is 4.38. The molecule has 1 N–H and O–H groups in total. The highest BCUT2D eigenvalue weighted by molar-refractivity contribution is 7.00. The van der Waals surface area contributed by atoms with Crippen molar-refractivity contribution in [2.24, 2.45) is 17.8 Å². The van der Waals surface area contributed by atoms with Gasteiger partial charge in [-0.25, -0.2) is 0 Å². The van der Waals surface area contributed by atoms with E-state index in [2.05, 4.69) is 0 Å². The van der Waals surface area contributed by atoms with E-state index in [0.717, 1.165) is 16.7 Å². The summed E-state index contributed by atoms with van der Waals surface area (Å²) in [4.78, 5) is 24.5. The van der Waals surface area contributed by atoms with E-state index in [9.17, 15) is 14.7 Å². The highest BCUT2D eigenvalue weighted by Gasteiger charge is 2.36. The van der Waals surface area contributed by atoms with Gasteiger partial charge in [-0.15, -0.1) is 0 Å². The number of rotatable bonds is 6. The first-order valence-corrected chi connectivity index (χ1v) is 8.26. The molecule has 23 heavy (non-hydrogen) atoms. The first-order chi connectivity index (χ1) is 10.7. The van der Waals surface area contributed by atoms with Crippen molar-refractivity contribution < 1.29 is 19.3 Å². The van der Waals surface area contributed by atoms with Crippen molar-refractivity contribution in [1.29, 1.82) is 0 Å². The molecule has 0 aliphatic rings. The lowest BCUT2D eigenvalue weighted by molar-refractivity contribution is -0.143. The lowest BCUT2D eigenvalue weighted by Crippen LogP contribution is -2.34. The zero-order chi connectivity index (χ0) is 18.3. The van der Waals surface area contributed by atoms with Crippen LogP contribution in [-0.2, 0) is 9.36 Å². The fourth-order valence-electron chi connectivity index (χ4n) is 3.27. The van der Waals surface area contributed by atoms with E-state index in [-0.39, 0.29) is 11.7 Å². The van der Waals surface area contributed by atoms with Gasteiger partial charge in [-0.2, -0.15) is 0 Å². The van der Waals surface area contributed by atoms with Gasteiger partial charge >= 0.3 is 15.1 Å². The maximum atomic E-state index is 13.0. The molecule has 0 saturated heterocycles. The number of hydrogen-bond acceptors (Lipinski definition) is 3. The highest BCUT2D eigenvalue weighted by atomic mass is 31.0. The molecular formula is C18H28O4P+. The van der Waals surface area contributed by atoms with Gasteiger partial charge in [0.05, 0.1) is 5.92 Å². The molecule has 0 aliphatic heterocycles. The lowest BCUT2D eigenvalue weighted by atomic mass is 9.75. The quantitative estimate of drug-likeness (QED) is 0.616. The maximum absolute atomic E-state index is 13.0. The molecule has 0 bridgehead atoms. The molecule has 1 rings (SSSR count). The standard InChI is InChI=1S/C18H26O3.H2OP/c1-7-14(18(20)21)15(10(2)3)17(19)16-12(5)8-11(4)9-13(16)6;1-2/h8-10,14-15H,7H2,1-6H3,(H,20,21);2H2/q;+1. The van der Waals surface area contributed by atoms with Crippen LogP contribution in [-0.4, -0.2) is 16.9 Å². The number of ketones is 1. The fourth-order valence-corrected chi connectivity index (χ4v) is 3.27. The molecule has 5 heteroatoms. The summed E-state index contributed by atoms with van der Waals surface area (Å²) >= 11 is 0. The molecule has 3 atom stereocenters. The molecule has 0 heterocycles. The first kappa shape index (κ1) is 21.5. The Morgan fingerprint density at radius 3 is 1.83 bits per heavy atom. The number of carbonyl (C=O) groups excluding carboxylic acids is 1. The van der Waals surface area contributed by atoms with Crippen molar-refractivity contribution >= 4 is 20.9 Å². The minimum atomic E-state index is -0.882. The van der Waals surface area contributed by atoms with E-state index in [1.54, 1.807) is 0 Å². The van der Waals surface area contributed by atoms with Gasteiger partial charge in [0.1, 0.15) is 0 Å². The third kappa shape index (κ3) is 5.24. The predicted molar refractivity (Wildman–Crippen MR) is 95.1 cm³/mol. The summed E-state index contributed by atoms with van der Waals surface area (Å²) in [6, 6.07) is 3.97. The smallest absolute Gasteiger partial charge is 0.310 e. The number of carbonyl (C=O) groups is 2. The Morgan fingerprint density at radius 1 is 1.09 bits per heavy atom. The van der Waals surface area contributed by atoms with Crippen molar-refractivity contribution in [3.63, 3.8) is 0 Å². The van der Waals surface area contributed by atoms with E-state index < -0.39 is 17.8 Å². The van der Waals surface area contributed by atoms with Gasteiger partial charge in [-0.05, 0) is 44.2 Å². The molecule has 4 nitrogen and oxygen atoms in total. The molecule has 128 valence electrons. The molecular weight excluding hydrogens is 311 g/mol. The summed E-state index contributed by atoms with van der Waals surface area (Å²) in [7, 11) is 1.17. The zero-order valence-electron chi connectivity index (χ0n) is 14.8. The van der Waals surface area contributed by atoms with Gasteiger partial charge < -0.3 is 5.11 Å². The van der Waals surface area contributed by atoms with E-state index in [4.69, 9.17) is 4.57 Å².